The Morgan fingerprint density at radius 3 is 1.10 bits per heavy atom. The quantitative estimate of drug-likeness (QED) is 0.186. The van der Waals surface area contributed by atoms with Crippen LogP contribution in [0.5, 0.6) is 0 Å². The number of imidazole rings is 2. The zero-order chi connectivity index (χ0) is 30.2. The summed E-state index contributed by atoms with van der Waals surface area (Å²) in [5.74, 6) is -4.77. The molecule has 16 heteroatoms. The number of rotatable bonds is 12. The van der Waals surface area contributed by atoms with Crippen LogP contribution < -0.4 is 10.6 Å². The van der Waals surface area contributed by atoms with Gasteiger partial charge in [-0.3, -0.25) is 9.59 Å². The summed E-state index contributed by atoms with van der Waals surface area (Å²) in [6, 6.07) is -2.99. The number of ether oxygens (including phenoxy) is 4. The zero-order valence-electron chi connectivity index (χ0n) is 23.2. The predicted molar refractivity (Wildman–Crippen MR) is 135 cm³/mol. The van der Waals surface area contributed by atoms with Crippen molar-refractivity contribution < 1.29 is 47.7 Å². The summed E-state index contributed by atoms with van der Waals surface area (Å²) in [6.07, 6.45) is 5.78. The Balaban J connectivity index is 0.000000400. The molecule has 0 radical (unpaired) electrons. The molecule has 0 aromatic carbocycles. The van der Waals surface area contributed by atoms with Gasteiger partial charge in [0, 0.05) is 26.5 Å². The van der Waals surface area contributed by atoms with Crippen LogP contribution in [0.4, 0.5) is 0 Å². The van der Waals surface area contributed by atoms with E-state index in [1.54, 1.807) is 50.9 Å². The summed E-state index contributed by atoms with van der Waals surface area (Å²) in [5.41, 5.74) is 0.178. The van der Waals surface area contributed by atoms with Crippen LogP contribution in [-0.2, 0) is 52.2 Å². The van der Waals surface area contributed by atoms with Gasteiger partial charge in [-0.2, -0.15) is 0 Å². The molecule has 2 N–H and O–H groups in total. The molecule has 2 rings (SSSR count). The lowest BCUT2D eigenvalue weighted by molar-refractivity contribution is -0.159. The lowest BCUT2D eigenvalue weighted by Crippen LogP contribution is -2.48. The molecule has 0 aliphatic rings. The molecule has 2 aromatic rings. The van der Waals surface area contributed by atoms with Gasteiger partial charge < -0.3 is 38.7 Å². The molecule has 2 amide bonds. The van der Waals surface area contributed by atoms with Crippen LogP contribution in [0.1, 0.15) is 48.7 Å². The molecule has 0 fully saturated rings. The van der Waals surface area contributed by atoms with Gasteiger partial charge in [0.15, 0.2) is 0 Å². The Bertz CT molecular complexity index is 1050. The largest absolute Gasteiger partial charge is 0.464 e. The number of aryl methyl sites for hydroxylation is 2. The maximum absolute atomic E-state index is 11.9. The second-order valence-corrected chi connectivity index (χ2v) is 7.67. The molecular weight excluding hydrogens is 532 g/mol. The number of aromatic nitrogens is 4. The highest BCUT2D eigenvalue weighted by molar-refractivity contribution is 6.05. The van der Waals surface area contributed by atoms with E-state index in [0.717, 1.165) is 0 Å². The maximum atomic E-state index is 11.9. The van der Waals surface area contributed by atoms with Gasteiger partial charge in [0.2, 0.25) is 12.1 Å². The second-order valence-electron chi connectivity index (χ2n) is 7.67. The maximum Gasteiger partial charge on any atom is 0.340 e. The van der Waals surface area contributed by atoms with Crippen LogP contribution in [-0.4, -0.2) is 93.3 Å². The Kier molecular flexibility index (Phi) is 14.1. The first-order chi connectivity index (χ1) is 19.0. The predicted octanol–water partition coefficient (Wildman–Crippen LogP) is -0.711. The Labute approximate surface area is 230 Å². The topological polar surface area (TPSA) is 199 Å². The van der Waals surface area contributed by atoms with Crippen molar-refractivity contribution in [2.45, 2.75) is 39.8 Å². The summed E-state index contributed by atoms with van der Waals surface area (Å²) >= 11 is 0. The lowest BCUT2D eigenvalue weighted by atomic mass is 10.3. The van der Waals surface area contributed by atoms with Crippen LogP contribution >= 0.6 is 0 Å². The molecule has 40 heavy (non-hydrogen) atoms. The molecule has 0 aliphatic heterocycles. The average molecular weight is 567 g/mol. The Morgan fingerprint density at radius 1 is 0.625 bits per heavy atom. The normalized spacial score (nSPS) is 10.2. The van der Waals surface area contributed by atoms with E-state index in [9.17, 15) is 28.8 Å². The fourth-order valence-corrected chi connectivity index (χ4v) is 2.80. The van der Waals surface area contributed by atoms with E-state index in [1.165, 1.54) is 25.0 Å². The minimum atomic E-state index is -1.50. The van der Waals surface area contributed by atoms with Crippen molar-refractivity contribution in [2.24, 2.45) is 14.1 Å². The van der Waals surface area contributed by atoms with Gasteiger partial charge in [0.1, 0.15) is 11.4 Å². The zero-order valence-corrected chi connectivity index (χ0v) is 23.2. The number of hydrogen-bond donors (Lipinski definition) is 2. The minimum absolute atomic E-state index is 0.0890. The number of esters is 4. The molecule has 0 spiro atoms. The monoisotopic (exact) mass is 566 g/mol. The van der Waals surface area contributed by atoms with Gasteiger partial charge in [0.25, 0.3) is 11.8 Å². The van der Waals surface area contributed by atoms with E-state index in [4.69, 9.17) is 18.9 Å². The molecule has 2 heterocycles. The average Bonchev–Trinajstić information content (AvgIpc) is 3.54. The van der Waals surface area contributed by atoms with Gasteiger partial charge in [0.05, 0.1) is 39.1 Å². The van der Waals surface area contributed by atoms with E-state index in [1.807, 2.05) is 0 Å². The first kappa shape index (κ1) is 33.3. The fraction of sp³-hybridized carbons (Fsp3) is 0.500. The van der Waals surface area contributed by atoms with Crippen LogP contribution in [0.2, 0.25) is 0 Å². The van der Waals surface area contributed by atoms with Gasteiger partial charge in [-0.25, -0.2) is 29.1 Å². The molecule has 0 bridgehead atoms. The van der Waals surface area contributed by atoms with Crippen molar-refractivity contribution in [1.82, 2.24) is 29.7 Å². The molecular formula is C24H34N6O10. The van der Waals surface area contributed by atoms with Crippen molar-refractivity contribution in [3.05, 3.63) is 36.4 Å². The van der Waals surface area contributed by atoms with E-state index in [0.29, 0.717) is 0 Å². The molecule has 220 valence electrons. The van der Waals surface area contributed by atoms with Crippen LogP contribution in [0.3, 0.4) is 0 Å². The molecule has 0 saturated carbocycles. The van der Waals surface area contributed by atoms with Crippen LogP contribution in [0.25, 0.3) is 0 Å². The third-order valence-electron chi connectivity index (χ3n) is 4.52. The number of nitrogens with one attached hydrogen (secondary N) is 2. The van der Waals surface area contributed by atoms with Gasteiger partial charge in [-0.05, 0) is 27.7 Å². The molecule has 2 aromatic heterocycles. The SMILES string of the molecule is CCOC(=O)C(NC(=O)c1cn(C)cn1)C(=O)OCC.CCOC(=O)C(NC(=O)c1cn(C)cn1)C(=O)OCC. The van der Waals surface area contributed by atoms with Crippen molar-refractivity contribution in [1.29, 1.82) is 0 Å². The third kappa shape index (κ3) is 10.5. The smallest absolute Gasteiger partial charge is 0.340 e. The second kappa shape index (κ2) is 17.0. The van der Waals surface area contributed by atoms with E-state index >= 15 is 0 Å². The van der Waals surface area contributed by atoms with E-state index in [-0.39, 0.29) is 37.8 Å². The van der Waals surface area contributed by atoms with Gasteiger partial charge in [-0.1, -0.05) is 0 Å². The Morgan fingerprint density at radius 2 is 0.900 bits per heavy atom. The molecule has 0 saturated heterocycles. The summed E-state index contributed by atoms with van der Waals surface area (Å²) < 4.78 is 22.1. The summed E-state index contributed by atoms with van der Waals surface area (Å²) in [5, 5.41) is 4.50. The molecule has 16 nitrogen and oxygen atoms in total. The number of nitrogens with zero attached hydrogens (tertiary/aromatic N) is 4. The first-order valence-electron chi connectivity index (χ1n) is 12.2. The van der Waals surface area contributed by atoms with Gasteiger partial charge in [-0.15, -0.1) is 0 Å². The van der Waals surface area contributed by atoms with Crippen LogP contribution in [0, 0.1) is 0 Å². The van der Waals surface area contributed by atoms with Crippen molar-refractivity contribution >= 4 is 35.7 Å². The number of carbonyl (C=O) groups is 6. The first-order valence-corrected chi connectivity index (χ1v) is 12.2. The third-order valence-corrected chi connectivity index (χ3v) is 4.52. The highest BCUT2D eigenvalue weighted by Crippen LogP contribution is 2.01. The standard InChI is InChI=1S/2C12H17N3O5/c2*1-4-19-11(17)9(12(18)20-5-2)14-10(16)8-6-15(3)7-13-8/h2*6-7,9H,4-5H2,1-3H3,(H,14,16). The Hall–Kier alpha value is -4.76. The van der Waals surface area contributed by atoms with Crippen molar-refractivity contribution in [2.75, 3.05) is 26.4 Å². The highest BCUT2D eigenvalue weighted by atomic mass is 16.6. The fourth-order valence-electron chi connectivity index (χ4n) is 2.80. The van der Waals surface area contributed by atoms with Crippen molar-refractivity contribution in [3.63, 3.8) is 0 Å². The molecule has 0 unspecified atom stereocenters. The van der Waals surface area contributed by atoms with E-state index in [2.05, 4.69) is 20.6 Å². The number of carbonyl (C=O) groups excluding carboxylic acids is 6. The van der Waals surface area contributed by atoms with Gasteiger partial charge >= 0.3 is 23.9 Å². The summed E-state index contributed by atoms with van der Waals surface area (Å²) in [6.45, 7) is 6.76. The van der Waals surface area contributed by atoms with Crippen LogP contribution in [0.15, 0.2) is 25.0 Å². The number of amides is 2. The number of hydrogen-bond acceptors (Lipinski definition) is 12. The highest BCUT2D eigenvalue weighted by Gasteiger charge is 2.33. The minimum Gasteiger partial charge on any atom is -0.464 e. The van der Waals surface area contributed by atoms with Crippen molar-refractivity contribution in [3.8, 4) is 0 Å². The summed E-state index contributed by atoms with van der Waals surface area (Å²) in [7, 11) is 3.38. The summed E-state index contributed by atoms with van der Waals surface area (Å²) in [4.78, 5) is 78.1. The van der Waals surface area contributed by atoms with E-state index < -0.39 is 47.8 Å². The molecule has 0 aliphatic carbocycles. The lowest BCUT2D eigenvalue weighted by Gasteiger charge is -2.15. The molecule has 0 atom stereocenters.